The normalized spacial score (nSPS) is 11.0. The lowest BCUT2D eigenvalue weighted by Crippen LogP contribution is -1.98. The van der Waals surface area contributed by atoms with Gasteiger partial charge < -0.3 is 0 Å². The van der Waals surface area contributed by atoms with E-state index in [0.29, 0.717) is 0 Å². The maximum atomic E-state index is 4.28. The molecular formula is C14H12BrN3. The van der Waals surface area contributed by atoms with Crippen molar-refractivity contribution in [2.24, 2.45) is 0 Å². The minimum Gasteiger partial charge on any atom is -0.285 e. The third kappa shape index (κ3) is 1.93. The second kappa shape index (κ2) is 4.53. The molecule has 90 valence electrons. The predicted molar refractivity (Wildman–Crippen MR) is 74.7 cm³/mol. The van der Waals surface area contributed by atoms with Gasteiger partial charge in [0.05, 0.1) is 4.47 Å². The second-order valence-electron chi connectivity index (χ2n) is 4.27. The Hall–Kier alpha value is -1.68. The van der Waals surface area contributed by atoms with Crippen molar-refractivity contribution in [1.82, 2.24) is 14.6 Å². The van der Waals surface area contributed by atoms with E-state index in [4.69, 9.17) is 0 Å². The third-order valence-electron chi connectivity index (χ3n) is 3.07. The van der Waals surface area contributed by atoms with E-state index < -0.39 is 0 Å². The van der Waals surface area contributed by atoms with Crippen LogP contribution in [0.4, 0.5) is 0 Å². The Bertz CT molecular complexity index is 703. The van der Waals surface area contributed by atoms with Crippen molar-refractivity contribution in [1.29, 1.82) is 0 Å². The number of halogens is 1. The molecule has 1 aromatic carbocycles. The Kier molecular flexibility index (Phi) is 2.88. The average Bonchev–Trinajstić information content (AvgIpc) is 2.77. The smallest absolute Gasteiger partial charge is 0.175 e. The van der Waals surface area contributed by atoms with Crippen LogP contribution in [0.1, 0.15) is 17.0 Å². The summed E-state index contributed by atoms with van der Waals surface area (Å²) in [6.07, 6.45) is 2.79. The van der Waals surface area contributed by atoms with E-state index in [9.17, 15) is 0 Å². The third-order valence-corrected chi connectivity index (χ3v) is 3.69. The Morgan fingerprint density at radius 3 is 2.78 bits per heavy atom. The summed E-state index contributed by atoms with van der Waals surface area (Å²) in [5, 5.41) is 8.49. The predicted octanol–water partition coefficient (Wildman–Crippen LogP) is 3.39. The van der Waals surface area contributed by atoms with Crippen molar-refractivity contribution in [2.45, 2.75) is 13.3 Å². The number of hydrogen-bond acceptors (Lipinski definition) is 2. The van der Waals surface area contributed by atoms with Gasteiger partial charge in [-0.1, -0.05) is 24.3 Å². The van der Waals surface area contributed by atoms with Crippen LogP contribution < -0.4 is 0 Å². The summed E-state index contributed by atoms with van der Waals surface area (Å²) in [6, 6.07) is 12.3. The summed E-state index contributed by atoms with van der Waals surface area (Å²) < 4.78 is 2.99. The van der Waals surface area contributed by atoms with Crippen LogP contribution in [0.25, 0.3) is 5.65 Å². The van der Waals surface area contributed by atoms with Gasteiger partial charge >= 0.3 is 0 Å². The Morgan fingerprint density at radius 1 is 1.11 bits per heavy atom. The molecule has 0 amide bonds. The van der Waals surface area contributed by atoms with E-state index >= 15 is 0 Å². The number of pyridine rings is 1. The molecule has 3 aromatic rings. The summed E-state index contributed by atoms with van der Waals surface area (Å²) in [4.78, 5) is 0. The van der Waals surface area contributed by atoms with Gasteiger partial charge in [-0.25, -0.2) is 0 Å². The minimum atomic E-state index is 0.796. The van der Waals surface area contributed by atoms with E-state index in [1.165, 1.54) is 11.1 Å². The molecule has 0 N–H and O–H groups in total. The van der Waals surface area contributed by atoms with Crippen LogP contribution in [0.15, 0.2) is 47.1 Å². The molecule has 2 aromatic heterocycles. The van der Waals surface area contributed by atoms with Gasteiger partial charge in [-0.3, -0.25) is 4.40 Å². The number of aryl methyl sites for hydroxylation is 1. The topological polar surface area (TPSA) is 30.2 Å². The standard InChI is InChI=1S/C14H12BrN3/c1-10-5-2-3-6-11(10)9-13-16-17-14-12(15)7-4-8-18(13)14/h2-8H,9H2,1H3. The van der Waals surface area contributed by atoms with Gasteiger partial charge in [0.25, 0.3) is 0 Å². The molecule has 0 saturated carbocycles. The highest BCUT2D eigenvalue weighted by Crippen LogP contribution is 2.18. The van der Waals surface area contributed by atoms with Crippen molar-refractivity contribution >= 4 is 21.6 Å². The molecule has 3 nitrogen and oxygen atoms in total. The van der Waals surface area contributed by atoms with Crippen LogP contribution in [-0.4, -0.2) is 14.6 Å². The van der Waals surface area contributed by atoms with Crippen LogP contribution in [0, 0.1) is 6.92 Å². The lowest BCUT2D eigenvalue weighted by molar-refractivity contribution is 0.929. The number of benzene rings is 1. The first-order valence-corrected chi connectivity index (χ1v) is 6.57. The van der Waals surface area contributed by atoms with Gasteiger partial charge in [-0.05, 0) is 46.1 Å². The molecule has 0 aliphatic heterocycles. The molecule has 0 spiro atoms. The maximum absolute atomic E-state index is 4.28. The molecule has 0 radical (unpaired) electrons. The molecule has 18 heavy (non-hydrogen) atoms. The van der Waals surface area contributed by atoms with E-state index in [1.807, 2.05) is 22.7 Å². The van der Waals surface area contributed by atoms with Crippen LogP contribution in [0.2, 0.25) is 0 Å². The summed E-state index contributed by atoms with van der Waals surface area (Å²) in [5.41, 5.74) is 3.43. The SMILES string of the molecule is Cc1ccccc1Cc1nnc2c(Br)cccn12. The molecule has 0 atom stereocenters. The number of nitrogens with zero attached hydrogens (tertiary/aromatic N) is 3. The zero-order chi connectivity index (χ0) is 12.5. The number of fused-ring (bicyclic) bond motifs is 1. The van der Waals surface area contributed by atoms with Crippen molar-refractivity contribution in [3.8, 4) is 0 Å². The van der Waals surface area contributed by atoms with Gasteiger partial charge in [0.1, 0.15) is 5.82 Å². The average molecular weight is 302 g/mol. The van der Waals surface area contributed by atoms with E-state index in [1.54, 1.807) is 0 Å². The quantitative estimate of drug-likeness (QED) is 0.726. The van der Waals surface area contributed by atoms with Gasteiger partial charge in [-0.15, -0.1) is 10.2 Å². The summed E-state index contributed by atoms with van der Waals surface area (Å²) >= 11 is 3.49. The second-order valence-corrected chi connectivity index (χ2v) is 5.12. The van der Waals surface area contributed by atoms with Crippen LogP contribution in [-0.2, 0) is 6.42 Å². The fourth-order valence-electron chi connectivity index (χ4n) is 2.03. The molecule has 0 fully saturated rings. The Labute approximate surface area is 114 Å². The van der Waals surface area contributed by atoms with Gasteiger partial charge in [0.15, 0.2) is 5.65 Å². The lowest BCUT2D eigenvalue weighted by atomic mass is 10.1. The Balaban J connectivity index is 2.06. The maximum Gasteiger partial charge on any atom is 0.175 e. The molecular weight excluding hydrogens is 290 g/mol. The molecule has 4 heteroatoms. The first-order valence-electron chi connectivity index (χ1n) is 5.78. The highest BCUT2D eigenvalue weighted by molar-refractivity contribution is 9.10. The van der Waals surface area contributed by atoms with Gasteiger partial charge in [0, 0.05) is 12.6 Å². The Morgan fingerprint density at radius 2 is 1.94 bits per heavy atom. The lowest BCUT2D eigenvalue weighted by Gasteiger charge is -2.04. The van der Waals surface area contributed by atoms with E-state index in [-0.39, 0.29) is 0 Å². The van der Waals surface area contributed by atoms with Crippen LogP contribution in [0.3, 0.4) is 0 Å². The van der Waals surface area contributed by atoms with Crippen molar-refractivity contribution in [3.05, 3.63) is 64.0 Å². The fourth-order valence-corrected chi connectivity index (χ4v) is 2.45. The summed E-state index contributed by atoms with van der Waals surface area (Å²) in [5.74, 6) is 0.959. The molecule has 2 heterocycles. The fraction of sp³-hybridized carbons (Fsp3) is 0.143. The van der Waals surface area contributed by atoms with Gasteiger partial charge in [-0.2, -0.15) is 0 Å². The van der Waals surface area contributed by atoms with Crippen molar-refractivity contribution in [3.63, 3.8) is 0 Å². The van der Waals surface area contributed by atoms with Crippen molar-refractivity contribution < 1.29 is 0 Å². The van der Waals surface area contributed by atoms with Crippen LogP contribution in [0.5, 0.6) is 0 Å². The largest absolute Gasteiger partial charge is 0.285 e. The van der Waals surface area contributed by atoms with Crippen LogP contribution >= 0.6 is 15.9 Å². The number of hydrogen-bond donors (Lipinski definition) is 0. The summed E-state index contributed by atoms with van der Waals surface area (Å²) in [6.45, 7) is 2.12. The van der Waals surface area contributed by atoms with E-state index in [2.05, 4.69) is 57.3 Å². The highest BCUT2D eigenvalue weighted by Gasteiger charge is 2.09. The first-order chi connectivity index (χ1) is 8.75. The van der Waals surface area contributed by atoms with E-state index in [0.717, 1.165) is 22.4 Å². The molecule has 0 aliphatic rings. The highest BCUT2D eigenvalue weighted by atomic mass is 79.9. The monoisotopic (exact) mass is 301 g/mol. The van der Waals surface area contributed by atoms with Gasteiger partial charge in [0.2, 0.25) is 0 Å². The van der Waals surface area contributed by atoms with Crippen molar-refractivity contribution in [2.75, 3.05) is 0 Å². The molecule has 0 saturated heterocycles. The molecule has 0 unspecified atom stereocenters. The molecule has 0 bridgehead atoms. The number of rotatable bonds is 2. The molecule has 0 aliphatic carbocycles. The minimum absolute atomic E-state index is 0.796. The zero-order valence-electron chi connectivity index (χ0n) is 9.97. The summed E-state index contributed by atoms with van der Waals surface area (Å²) in [7, 11) is 0. The molecule has 3 rings (SSSR count). The zero-order valence-corrected chi connectivity index (χ0v) is 11.6. The number of aromatic nitrogens is 3. The first kappa shape index (κ1) is 11.4.